The first-order valence-electron chi connectivity index (χ1n) is 6.80. The van der Waals surface area contributed by atoms with Gasteiger partial charge in [-0.25, -0.2) is 9.78 Å². The molecule has 0 bridgehead atoms. The second-order valence-corrected chi connectivity index (χ2v) is 6.11. The van der Waals surface area contributed by atoms with E-state index in [0.29, 0.717) is 18.7 Å². The number of imidazole rings is 1. The Morgan fingerprint density at radius 3 is 2.65 bits per heavy atom. The minimum atomic E-state index is -0.542. The van der Waals surface area contributed by atoms with Crippen molar-refractivity contribution >= 4 is 11.9 Å². The smallest absolute Gasteiger partial charge is 0.329 e. The molecule has 0 spiro atoms. The fourth-order valence-electron chi connectivity index (χ4n) is 2.30. The van der Waals surface area contributed by atoms with Gasteiger partial charge in [-0.1, -0.05) is 0 Å². The Labute approximate surface area is 118 Å². The highest BCUT2D eigenvalue weighted by Crippen LogP contribution is 2.22. The molecule has 0 aromatic carbocycles. The zero-order valence-corrected chi connectivity index (χ0v) is 12.4. The molecule has 0 saturated carbocycles. The van der Waals surface area contributed by atoms with Crippen LogP contribution in [-0.4, -0.2) is 44.5 Å². The van der Waals surface area contributed by atoms with Gasteiger partial charge in [-0.3, -0.25) is 4.79 Å². The maximum absolute atomic E-state index is 12.4. The lowest BCUT2D eigenvalue weighted by Gasteiger charge is -2.27. The molecule has 20 heavy (non-hydrogen) atoms. The summed E-state index contributed by atoms with van der Waals surface area (Å²) in [5.74, 6) is -0.543. The summed E-state index contributed by atoms with van der Waals surface area (Å²) >= 11 is 0. The zero-order valence-electron chi connectivity index (χ0n) is 12.4. The number of esters is 1. The Kier molecular flexibility index (Phi) is 3.83. The van der Waals surface area contributed by atoms with Crippen LogP contribution in [-0.2, 0) is 16.6 Å². The van der Waals surface area contributed by atoms with Gasteiger partial charge in [0, 0.05) is 19.8 Å². The van der Waals surface area contributed by atoms with Crippen molar-refractivity contribution in [1.82, 2.24) is 14.5 Å². The molecule has 1 aromatic rings. The number of aryl methyl sites for hydroxylation is 1. The summed E-state index contributed by atoms with van der Waals surface area (Å²) in [7, 11) is 1.80. The molecule has 1 amide bonds. The van der Waals surface area contributed by atoms with Gasteiger partial charge in [-0.15, -0.1) is 0 Å². The van der Waals surface area contributed by atoms with Crippen molar-refractivity contribution < 1.29 is 14.3 Å². The summed E-state index contributed by atoms with van der Waals surface area (Å²) in [5, 5.41) is 0. The maximum Gasteiger partial charge on any atom is 0.329 e. The van der Waals surface area contributed by atoms with Crippen molar-refractivity contribution in [2.75, 3.05) is 6.54 Å². The van der Waals surface area contributed by atoms with Crippen LogP contribution < -0.4 is 0 Å². The van der Waals surface area contributed by atoms with Crippen molar-refractivity contribution in [2.45, 2.75) is 45.3 Å². The van der Waals surface area contributed by atoms with Crippen LogP contribution >= 0.6 is 0 Å². The SMILES string of the molecule is Cn1cnc(C(=O)N2CCC[C@H]2C(=O)OC(C)(C)C)c1. The number of likely N-dealkylation sites (tertiary alicyclic amines) is 1. The minimum absolute atomic E-state index is 0.209. The lowest BCUT2D eigenvalue weighted by Crippen LogP contribution is -2.43. The van der Waals surface area contributed by atoms with E-state index in [-0.39, 0.29) is 11.9 Å². The summed E-state index contributed by atoms with van der Waals surface area (Å²) in [6, 6.07) is -0.497. The Bertz CT molecular complexity index is 516. The molecule has 0 unspecified atom stereocenters. The number of carbonyl (C=O) groups excluding carboxylic acids is 2. The lowest BCUT2D eigenvalue weighted by molar-refractivity contribution is -0.159. The van der Waals surface area contributed by atoms with Crippen LogP contribution in [0.4, 0.5) is 0 Å². The quantitative estimate of drug-likeness (QED) is 0.767. The van der Waals surface area contributed by atoms with E-state index in [9.17, 15) is 9.59 Å². The van der Waals surface area contributed by atoms with E-state index in [0.717, 1.165) is 6.42 Å². The molecule has 0 N–H and O–H groups in total. The van der Waals surface area contributed by atoms with E-state index in [2.05, 4.69) is 4.98 Å². The van der Waals surface area contributed by atoms with E-state index in [1.54, 1.807) is 29.0 Å². The third-order valence-corrected chi connectivity index (χ3v) is 3.12. The zero-order chi connectivity index (χ0) is 14.9. The normalized spacial score (nSPS) is 19.2. The number of carbonyl (C=O) groups is 2. The molecule has 2 heterocycles. The van der Waals surface area contributed by atoms with E-state index in [1.165, 1.54) is 0 Å². The predicted molar refractivity (Wildman–Crippen MR) is 73.1 cm³/mol. The van der Waals surface area contributed by atoms with Gasteiger partial charge in [-0.05, 0) is 33.6 Å². The highest BCUT2D eigenvalue weighted by atomic mass is 16.6. The third kappa shape index (κ3) is 3.18. The van der Waals surface area contributed by atoms with Crippen LogP contribution in [0.3, 0.4) is 0 Å². The fraction of sp³-hybridized carbons (Fsp3) is 0.643. The van der Waals surface area contributed by atoms with E-state index in [4.69, 9.17) is 4.74 Å². The standard InChI is InChI=1S/C14H21N3O3/c1-14(2,3)20-13(19)11-6-5-7-17(11)12(18)10-8-16(4)9-15-10/h8-9,11H,5-7H2,1-4H3/t11-/m0/s1. The minimum Gasteiger partial charge on any atom is -0.458 e. The first kappa shape index (κ1) is 14.6. The number of hydrogen-bond acceptors (Lipinski definition) is 4. The summed E-state index contributed by atoms with van der Waals surface area (Å²) in [5.41, 5.74) is -0.178. The molecule has 2 rings (SSSR count). The van der Waals surface area contributed by atoms with Crippen molar-refractivity contribution in [3.8, 4) is 0 Å². The molecule has 1 atom stereocenters. The molecular weight excluding hydrogens is 258 g/mol. The number of ether oxygens (including phenoxy) is 1. The molecular formula is C14H21N3O3. The number of nitrogens with zero attached hydrogens (tertiary/aromatic N) is 3. The van der Waals surface area contributed by atoms with Gasteiger partial charge in [0.25, 0.3) is 5.91 Å². The molecule has 1 saturated heterocycles. The molecule has 6 heteroatoms. The Morgan fingerprint density at radius 2 is 2.10 bits per heavy atom. The first-order chi connectivity index (χ1) is 9.28. The molecule has 0 radical (unpaired) electrons. The number of amides is 1. The van der Waals surface area contributed by atoms with Gasteiger partial charge in [-0.2, -0.15) is 0 Å². The van der Waals surface area contributed by atoms with Crippen molar-refractivity contribution in [2.24, 2.45) is 7.05 Å². The highest BCUT2D eigenvalue weighted by molar-refractivity contribution is 5.95. The summed E-state index contributed by atoms with van der Waals surface area (Å²) in [6.45, 7) is 6.04. The maximum atomic E-state index is 12.4. The van der Waals surface area contributed by atoms with Crippen molar-refractivity contribution in [1.29, 1.82) is 0 Å². The molecule has 0 aliphatic carbocycles. The van der Waals surface area contributed by atoms with Gasteiger partial charge < -0.3 is 14.2 Å². The summed E-state index contributed by atoms with van der Waals surface area (Å²) in [4.78, 5) is 30.2. The molecule has 1 aliphatic rings. The predicted octanol–water partition coefficient (Wildman–Crippen LogP) is 1.37. The summed E-state index contributed by atoms with van der Waals surface area (Å²) < 4.78 is 7.10. The van der Waals surface area contributed by atoms with Crippen LogP contribution in [0.25, 0.3) is 0 Å². The Hall–Kier alpha value is -1.85. The number of aromatic nitrogens is 2. The van der Waals surface area contributed by atoms with Gasteiger partial charge in [0.2, 0.25) is 0 Å². The van der Waals surface area contributed by atoms with E-state index < -0.39 is 11.6 Å². The molecule has 1 aromatic heterocycles. The molecule has 6 nitrogen and oxygen atoms in total. The van der Waals surface area contributed by atoms with Gasteiger partial charge >= 0.3 is 5.97 Å². The highest BCUT2D eigenvalue weighted by Gasteiger charge is 2.37. The van der Waals surface area contributed by atoms with Crippen LogP contribution in [0.5, 0.6) is 0 Å². The third-order valence-electron chi connectivity index (χ3n) is 3.12. The summed E-state index contributed by atoms with van der Waals surface area (Å²) in [6.07, 6.45) is 4.69. The second-order valence-electron chi connectivity index (χ2n) is 6.11. The Balaban J connectivity index is 2.11. The molecule has 1 aliphatic heterocycles. The average molecular weight is 279 g/mol. The van der Waals surface area contributed by atoms with Crippen LogP contribution in [0.2, 0.25) is 0 Å². The lowest BCUT2D eigenvalue weighted by atomic mass is 10.1. The van der Waals surface area contributed by atoms with Gasteiger partial charge in [0.1, 0.15) is 17.3 Å². The van der Waals surface area contributed by atoms with E-state index in [1.807, 2.05) is 20.8 Å². The topological polar surface area (TPSA) is 64.4 Å². The van der Waals surface area contributed by atoms with Crippen LogP contribution in [0, 0.1) is 0 Å². The first-order valence-corrected chi connectivity index (χ1v) is 6.80. The second kappa shape index (κ2) is 5.26. The van der Waals surface area contributed by atoms with Gasteiger partial charge in [0.05, 0.1) is 6.33 Å². The largest absolute Gasteiger partial charge is 0.458 e. The molecule has 110 valence electrons. The van der Waals surface area contributed by atoms with E-state index >= 15 is 0 Å². The van der Waals surface area contributed by atoms with Crippen molar-refractivity contribution in [3.05, 3.63) is 18.2 Å². The monoisotopic (exact) mass is 279 g/mol. The average Bonchev–Trinajstić information content (AvgIpc) is 2.93. The van der Waals surface area contributed by atoms with Crippen LogP contribution in [0.15, 0.2) is 12.5 Å². The molecule has 1 fully saturated rings. The van der Waals surface area contributed by atoms with Crippen LogP contribution in [0.1, 0.15) is 44.1 Å². The van der Waals surface area contributed by atoms with Crippen molar-refractivity contribution in [3.63, 3.8) is 0 Å². The Morgan fingerprint density at radius 1 is 1.40 bits per heavy atom. The number of hydrogen-bond donors (Lipinski definition) is 0. The fourth-order valence-corrected chi connectivity index (χ4v) is 2.30. The van der Waals surface area contributed by atoms with Gasteiger partial charge in [0.15, 0.2) is 0 Å². The number of rotatable bonds is 2.